The molecule has 0 aliphatic carbocycles. The number of fused-ring (bicyclic) bond motifs is 2. The van der Waals surface area contributed by atoms with E-state index in [2.05, 4.69) is 27.3 Å². The number of nitrogens with one attached hydrogen (secondary N) is 1. The Hall–Kier alpha value is -5.25. The number of H-pyrrole nitrogens is 1. The van der Waals surface area contributed by atoms with Gasteiger partial charge >= 0.3 is 0 Å². The smallest absolute Gasteiger partial charge is 0.287 e. The monoisotopic (exact) mass is 503 g/mol. The molecule has 0 atom stereocenters. The number of nitrogens with two attached hydrogens (primary N) is 1. The fourth-order valence-electron chi connectivity index (χ4n) is 4.96. The zero-order valence-electron chi connectivity index (χ0n) is 20.0. The first-order valence-electron chi connectivity index (χ1n) is 12.1. The number of aromatic amines is 1. The van der Waals surface area contributed by atoms with Crippen LogP contribution < -0.4 is 11.3 Å². The van der Waals surface area contributed by atoms with E-state index in [1.807, 2.05) is 41.0 Å². The second-order valence-electron chi connectivity index (χ2n) is 9.30. The minimum Gasteiger partial charge on any atom is -0.383 e. The second-order valence-corrected chi connectivity index (χ2v) is 9.30. The van der Waals surface area contributed by atoms with Crippen molar-refractivity contribution in [2.45, 2.75) is 5.92 Å². The SMILES string of the molecule is Nc1ncccc1-c1nc2cccnc2n1-c1ccc(C2CN(C(=O)c3ccc4c(=O)[nH]oc4c3)C2)cc1. The van der Waals surface area contributed by atoms with Crippen LogP contribution in [0, 0.1) is 0 Å². The number of carbonyl (C=O) groups excluding carboxylic acids is 1. The molecule has 0 spiro atoms. The lowest BCUT2D eigenvalue weighted by atomic mass is 9.90. The van der Waals surface area contributed by atoms with E-state index in [-0.39, 0.29) is 17.4 Å². The molecule has 1 amide bonds. The van der Waals surface area contributed by atoms with Crippen molar-refractivity contribution < 1.29 is 9.32 Å². The van der Waals surface area contributed by atoms with Crippen LogP contribution >= 0.6 is 0 Å². The van der Waals surface area contributed by atoms with Gasteiger partial charge in [-0.3, -0.25) is 14.2 Å². The van der Waals surface area contributed by atoms with Crippen molar-refractivity contribution in [1.82, 2.24) is 29.6 Å². The number of aromatic nitrogens is 5. The van der Waals surface area contributed by atoms with Crippen LogP contribution in [0.4, 0.5) is 5.82 Å². The molecule has 1 fully saturated rings. The van der Waals surface area contributed by atoms with Gasteiger partial charge in [-0.2, -0.15) is 5.16 Å². The Morgan fingerprint density at radius 2 is 1.79 bits per heavy atom. The van der Waals surface area contributed by atoms with Gasteiger partial charge in [0.2, 0.25) is 0 Å². The summed E-state index contributed by atoms with van der Waals surface area (Å²) < 4.78 is 7.13. The lowest BCUT2D eigenvalue weighted by Gasteiger charge is -2.39. The fourth-order valence-corrected chi connectivity index (χ4v) is 4.96. The van der Waals surface area contributed by atoms with Crippen LogP contribution in [-0.4, -0.2) is 48.6 Å². The summed E-state index contributed by atoms with van der Waals surface area (Å²) in [7, 11) is 0. The summed E-state index contributed by atoms with van der Waals surface area (Å²) >= 11 is 0. The van der Waals surface area contributed by atoms with Crippen LogP contribution in [0.25, 0.3) is 39.2 Å². The molecule has 1 saturated heterocycles. The van der Waals surface area contributed by atoms with Gasteiger partial charge in [-0.25, -0.2) is 15.0 Å². The normalized spacial score (nSPS) is 13.7. The van der Waals surface area contributed by atoms with Gasteiger partial charge in [0.1, 0.15) is 11.3 Å². The van der Waals surface area contributed by atoms with E-state index in [0.29, 0.717) is 41.3 Å². The summed E-state index contributed by atoms with van der Waals surface area (Å²) in [5.74, 6) is 1.22. The van der Waals surface area contributed by atoms with Gasteiger partial charge in [-0.15, -0.1) is 0 Å². The number of hydrogen-bond donors (Lipinski definition) is 2. The van der Waals surface area contributed by atoms with Gasteiger partial charge < -0.3 is 15.2 Å². The van der Waals surface area contributed by atoms with Crippen LogP contribution in [0.5, 0.6) is 0 Å². The zero-order valence-corrected chi connectivity index (χ0v) is 20.0. The molecule has 6 aromatic rings. The number of carbonyl (C=O) groups is 1. The van der Waals surface area contributed by atoms with Crippen LogP contribution in [-0.2, 0) is 0 Å². The first-order chi connectivity index (χ1) is 18.6. The lowest BCUT2D eigenvalue weighted by molar-refractivity contribution is 0.0602. The summed E-state index contributed by atoms with van der Waals surface area (Å²) in [6.07, 6.45) is 3.40. The summed E-state index contributed by atoms with van der Waals surface area (Å²) in [5.41, 5.74) is 11.0. The van der Waals surface area contributed by atoms with Crippen LogP contribution in [0.1, 0.15) is 21.8 Å². The summed E-state index contributed by atoms with van der Waals surface area (Å²) in [4.78, 5) is 40.0. The maximum Gasteiger partial charge on any atom is 0.287 e. The van der Waals surface area contributed by atoms with Gasteiger partial charge in [0.25, 0.3) is 11.5 Å². The first kappa shape index (κ1) is 22.0. The standard InChI is InChI=1S/C28H21N7O3/c29-24-21(3-1-11-30-24)25-32-22-4-2-12-31-26(22)35(25)19-8-5-16(6-9-19)18-14-34(15-18)28(37)17-7-10-20-23(13-17)38-33-27(20)36/h1-13,18H,14-15H2,(H2,29,30)(H,33,36). The second kappa shape index (κ2) is 8.41. The number of likely N-dealkylation sites (tertiary alicyclic amines) is 1. The number of amides is 1. The predicted octanol–water partition coefficient (Wildman–Crippen LogP) is 3.74. The molecule has 0 unspecified atom stereocenters. The van der Waals surface area contributed by atoms with Gasteiger partial charge in [0.05, 0.1) is 10.9 Å². The molecule has 1 aliphatic heterocycles. The van der Waals surface area contributed by atoms with E-state index in [1.54, 1.807) is 35.5 Å². The molecule has 5 heterocycles. The number of nitrogens with zero attached hydrogens (tertiary/aromatic N) is 5. The van der Waals surface area contributed by atoms with Crippen molar-refractivity contribution in [3.63, 3.8) is 0 Å². The lowest BCUT2D eigenvalue weighted by Crippen LogP contribution is -2.48. The Balaban J connectivity index is 1.14. The third kappa shape index (κ3) is 3.46. The number of rotatable bonds is 4. The number of anilines is 1. The molecule has 4 aromatic heterocycles. The highest BCUT2D eigenvalue weighted by molar-refractivity contribution is 5.98. The molecule has 10 heteroatoms. The minimum atomic E-state index is -0.304. The molecule has 2 aromatic carbocycles. The molecule has 10 nitrogen and oxygen atoms in total. The highest BCUT2D eigenvalue weighted by atomic mass is 16.5. The largest absolute Gasteiger partial charge is 0.383 e. The Morgan fingerprint density at radius 3 is 2.61 bits per heavy atom. The number of nitrogen functional groups attached to an aromatic ring is 1. The van der Waals surface area contributed by atoms with Gasteiger partial charge in [-0.05, 0) is 60.2 Å². The maximum atomic E-state index is 13.0. The molecule has 1 aliphatic rings. The third-order valence-corrected chi connectivity index (χ3v) is 7.01. The van der Waals surface area contributed by atoms with E-state index in [4.69, 9.17) is 15.2 Å². The van der Waals surface area contributed by atoms with Crippen molar-refractivity contribution in [3.8, 4) is 17.1 Å². The van der Waals surface area contributed by atoms with Crippen LogP contribution in [0.3, 0.4) is 0 Å². The third-order valence-electron chi connectivity index (χ3n) is 7.01. The highest BCUT2D eigenvalue weighted by Crippen LogP contribution is 2.33. The van der Waals surface area contributed by atoms with Gasteiger partial charge in [0, 0.05) is 42.7 Å². The van der Waals surface area contributed by atoms with Crippen LogP contribution in [0.2, 0.25) is 0 Å². The average molecular weight is 504 g/mol. The van der Waals surface area contributed by atoms with Crippen molar-refractivity contribution >= 4 is 33.9 Å². The Bertz CT molecular complexity index is 1900. The zero-order chi connectivity index (χ0) is 25.8. The van der Waals surface area contributed by atoms with Crippen LogP contribution in [0.15, 0.2) is 88.4 Å². The van der Waals surface area contributed by atoms with E-state index in [0.717, 1.165) is 28.0 Å². The van der Waals surface area contributed by atoms with E-state index in [1.165, 1.54) is 0 Å². The number of hydrogen-bond acceptors (Lipinski definition) is 7. The van der Waals surface area contributed by atoms with Crippen molar-refractivity contribution in [2.75, 3.05) is 18.8 Å². The Labute approximate surface area is 215 Å². The average Bonchev–Trinajstić information content (AvgIpc) is 3.49. The molecule has 38 heavy (non-hydrogen) atoms. The molecular weight excluding hydrogens is 482 g/mol. The van der Waals surface area contributed by atoms with Crippen molar-refractivity contribution in [3.05, 3.63) is 101 Å². The van der Waals surface area contributed by atoms with E-state index >= 15 is 0 Å². The first-order valence-corrected chi connectivity index (χ1v) is 12.1. The number of benzene rings is 2. The molecule has 0 radical (unpaired) electrons. The van der Waals surface area contributed by atoms with Gasteiger partial charge in [0.15, 0.2) is 17.1 Å². The highest BCUT2D eigenvalue weighted by Gasteiger charge is 2.32. The molecule has 7 rings (SSSR count). The summed E-state index contributed by atoms with van der Waals surface area (Å²) in [6, 6.07) is 20.6. The maximum absolute atomic E-state index is 13.0. The van der Waals surface area contributed by atoms with E-state index < -0.39 is 0 Å². The quantitative estimate of drug-likeness (QED) is 0.374. The van der Waals surface area contributed by atoms with Crippen molar-refractivity contribution in [1.29, 1.82) is 0 Å². The summed E-state index contributed by atoms with van der Waals surface area (Å²) in [6.45, 7) is 1.22. The van der Waals surface area contributed by atoms with Gasteiger partial charge in [-0.1, -0.05) is 12.1 Å². The molecule has 0 saturated carbocycles. The van der Waals surface area contributed by atoms with E-state index in [9.17, 15) is 9.59 Å². The minimum absolute atomic E-state index is 0.0849. The number of imidazole rings is 1. The Morgan fingerprint density at radius 1 is 1.00 bits per heavy atom. The summed E-state index contributed by atoms with van der Waals surface area (Å²) in [5, 5.41) is 2.72. The Kier molecular flexibility index (Phi) is 4.87. The predicted molar refractivity (Wildman–Crippen MR) is 142 cm³/mol. The molecular formula is C28H21N7O3. The fraction of sp³-hybridized carbons (Fsp3) is 0.107. The number of pyridine rings is 2. The van der Waals surface area contributed by atoms with Crippen molar-refractivity contribution in [2.24, 2.45) is 0 Å². The molecule has 186 valence electrons. The molecule has 0 bridgehead atoms. The molecule has 3 N–H and O–H groups in total. The topological polar surface area (TPSA) is 136 Å².